The molecular formula is C16H24N2O4. The number of rotatable bonds is 6. The highest BCUT2D eigenvalue weighted by Gasteiger charge is 2.34. The molecule has 1 aliphatic rings. The highest BCUT2D eigenvalue weighted by Crippen LogP contribution is 2.28. The Labute approximate surface area is 130 Å². The SMILES string of the molecule is COCC(=O)N[C@H](C(=O)N1CC[C@H](c2ccco2)C1)C(C)C. The van der Waals surface area contributed by atoms with E-state index in [0.29, 0.717) is 13.1 Å². The molecule has 2 atom stereocenters. The standard InChI is InChI=1S/C16H24N2O4/c1-11(2)15(17-14(19)10-21-3)16(20)18-7-6-12(9-18)13-5-4-8-22-13/h4-5,8,11-12,15H,6-7,9-10H2,1-3H3,(H,17,19)/t12-,15-/m0/s1. The predicted octanol–water partition coefficient (Wildman–Crippen LogP) is 1.38. The van der Waals surface area contributed by atoms with Gasteiger partial charge in [0, 0.05) is 26.1 Å². The molecule has 1 fully saturated rings. The van der Waals surface area contributed by atoms with Crippen LogP contribution in [0.3, 0.4) is 0 Å². The molecule has 0 radical (unpaired) electrons. The van der Waals surface area contributed by atoms with Crippen molar-refractivity contribution in [3.8, 4) is 0 Å². The van der Waals surface area contributed by atoms with Crippen molar-refractivity contribution < 1.29 is 18.7 Å². The van der Waals surface area contributed by atoms with Crippen molar-refractivity contribution in [2.45, 2.75) is 32.2 Å². The fourth-order valence-corrected chi connectivity index (χ4v) is 2.77. The maximum Gasteiger partial charge on any atom is 0.246 e. The number of furan rings is 1. The van der Waals surface area contributed by atoms with Gasteiger partial charge in [-0.3, -0.25) is 9.59 Å². The van der Waals surface area contributed by atoms with Crippen LogP contribution in [0.5, 0.6) is 0 Å². The van der Waals surface area contributed by atoms with E-state index in [1.165, 1.54) is 7.11 Å². The average Bonchev–Trinajstić information content (AvgIpc) is 3.14. The van der Waals surface area contributed by atoms with Crippen molar-refractivity contribution >= 4 is 11.8 Å². The van der Waals surface area contributed by atoms with Crippen LogP contribution in [0, 0.1) is 5.92 Å². The van der Waals surface area contributed by atoms with Gasteiger partial charge in [0.05, 0.1) is 6.26 Å². The van der Waals surface area contributed by atoms with Crippen molar-refractivity contribution in [2.75, 3.05) is 26.8 Å². The number of nitrogens with one attached hydrogen (secondary N) is 1. The maximum absolute atomic E-state index is 12.7. The molecule has 0 aromatic carbocycles. The van der Waals surface area contributed by atoms with Gasteiger partial charge in [-0.15, -0.1) is 0 Å². The van der Waals surface area contributed by atoms with Gasteiger partial charge < -0.3 is 19.4 Å². The minimum Gasteiger partial charge on any atom is -0.469 e. The molecule has 2 rings (SSSR count). The van der Waals surface area contributed by atoms with Gasteiger partial charge in [0.25, 0.3) is 0 Å². The van der Waals surface area contributed by atoms with Crippen LogP contribution in [0.1, 0.15) is 31.9 Å². The van der Waals surface area contributed by atoms with Crippen molar-refractivity contribution in [1.82, 2.24) is 10.2 Å². The van der Waals surface area contributed by atoms with Gasteiger partial charge in [-0.25, -0.2) is 0 Å². The van der Waals surface area contributed by atoms with Crippen LogP contribution in [0.4, 0.5) is 0 Å². The third-order valence-electron chi connectivity index (χ3n) is 3.97. The van der Waals surface area contributed by atoms with Crippen molar-refractivity contribution in [3.63, 3.8) is 0 Å². The summed E-state index contributed by atoms with van der Waals surface area (Å²) in [6.07, 6.45) is 2.54. The summed E-state index contributed by atoms with van der Waals surface area (Å²) in [6, 6.07) is 3.29. The van der Waals surface area contributed by atoms with E-state index in [-0.39, 0.29) is 30.3 Å². The molecule has 0 unspecified atom stereocenters. The zero-order chi connectivity index (χ0) is 16.1. The number of hydrogen-bond donors (Lipinski definition) is 1. The van der Waals surface area contributed by atoms with Crippen molar-refractivity contribution in [1.29, 1.82) is 0 Å². The Morgan fingerprint density at radius 2 is 2.27 bits per heavy atom. The van der Waals surface area contributed by atoms with Crippen LogP contribution >= 0.6 is 0 Å². The molecule has 1 N–H and O–H groups in total. The summed E-state index contributed by atoms with van der Waals surface area (Å²) in [7, 11) is 1.46. The Morgan fingerprint density at radius 3 is 2.86 bits per heavy atom. The summed E-state index contributed by atoms with van der Waals surface area (Å²) in [5.41, 5.74) is 0. The molecule has 0 aliphatic carbocycles. The first-order valence-corrected chi connectivity index (χ1v) is 7.63. The van der Waals surface area contributed by atoms with Gasteiger partial charge in [0.2, 0.25) is 11.8 Å². The number of carbonyl (C=O) groups excluding carboxylic acids is 2. The van der Waals surface area contributed by atoms with Crippen LogP contribution in [0.2, 0.25) is 0 Å². The zero-order valence-electron chi connectivity index (χ0n) is 13.4. The van der Waals surface area contributed by atoms with Crippen molar-refractivity contribution in [2.24, 2.45) is 5.92 Å². The first-order chi connectivity index (χ1) is 10.5. The Hall–Kier alpha value is -1.82. The summed E-state index contributed by atoms with van der Waals surface area (Å²) >= 11 is 0. The van der Waals surface area contributed by atoms with Gasteiger partial charge in [-0.05, 0) is 24.5 Å². The van der Waals surface area contributed by atoms with Gasteiger partial charge >= 0.3 is 0 Å². The number of amides is 2. The van der Waals surface area contributed by atoms with E-state index in [2.05, 4.69) is 5.32 Å². The number of methoxy groups -OCH3 is 1. The van der Waals surface area contributed by atoms with E-state index in [4.69, 9.17) is 9.15 Å². The first kappa shape index (κ1) is 16.5. The monoisotopic (exact) mass is 308 g/mol. The smallest absolute Gasteiger partial charge is 0.246 e. The van der Waals surface area contributed by atoms with E-state index in [9.17, 15) is 9.59 Å². The second-order valence-electron chi connectivity index (χ2n) is 6.01. The Morgan fingerprint density at radius 1 is 1.50 bits per heavy atom. The summed E-state index contributed by atoms with van der Waals surface area (Å²) in [4.78, 5) is 26.2. The largest absolute Gasteiger partial charge is 0.469 e. The van der Waals surface area contributed by atoms with Gasteiger partial charge in [0.1, 0.15) is 18.4 Å². The summed E-state index contributed by atoms with van der Waals surface area (Å²) in [5.74, 6) is 0.877. The fraction of sp³-hybridized carbons (Fsp3) is 0.625. The Bertz CT molecular complexity index is 498. The van der Waals surface area contributed by atoms with Gasteiger partial charge in [-0.2, -0.15) is 0 Å². The molecule has 6 nitrogen and oxygen atoms in total. The molecule has 6 heteroatoms. The summed E-state index contributed by atoms with van der Waals surface area (Å²) in [5, 5.41) is 2.77. The minimum atomic E-state index is -0.516. The van der Waals surface area contributed by atoms with Crippen LogP contribution in [-0.4, -0.2) is 49.6 Å². The lowest BCUT2D eigenvalue weighted by atomic mass is 10.0. The molecule has 1 saturated heterocycles. The predicted molar refractivity (Wildman–Crippen MR) is 81.3 cm³/mol. The lowest BCUT2D eigenvalue weighted by molar-refractivity contribution is -0.137. The number of likely N-dealkylation sites (tertiary alicyclic amines) is 1. The molecule has 0 bridgehead atoms. The third kappa shape index (κ3) is 3.88. The summed E-state index contributed by atoms with van der Waals surface area (Å²) in [6.45, 7) is 5.14. The molecule has 1 aromatic heterocycles. The van der Waals surface area contributed by atoms with Crippen molar-refractivity contribution in [3.05, 3.63) is 24.2 Å². The van der Waals surface area contributed by atoms with Gasteiger partial charge in [-0.1, -0.05) is 13.8 Å². The van der Waals surface area contributed by atoms with Crippen LogP contribution in [0.25, 0.3) is 0 Å². The number of ether oxygens (including phenoxy) is 1. The van der Waals surface area contributed by atoms with E-state index < -0.39 is 6.04 Å². The van der Waals surface area contributed by atoms with Crippen LogP contribution in [-0.2, 0) is 14.3 Å². The molecular weight excluding hydrogens is 284 g/mol. The maximum atomic E-state index is 12.7. The third-order valence-corrected chi connectivity index (χ3v) is 3.97. The lowest BCUT2D eigenvalue weighted by Crippen LogP contribution is -2.51. The molecule has 1 aliphatic heterocycles. The highest BCUT2D eigenvalue weighted by molar-refractivity contribution is 5.88. The number of carbonyl (C=O) groups is 2. The molecule has 2 amide bonds. The molecule has 2 heterocycles. The fourth-order valence-electron chi connectivity index (χ4n) is 2.77. The van der Waals surface area contributed by atoms with E-state index in [0.717, 1.165) is 12.2 Å². The Kier molecular flexibility index (Phi) is 5.60. The van der Waals surface area contributed by atoms with E-state index >= 15 is 0 Å². The minimum absolute atomic E-state index is 0.0240. The van der Waals surface area contributed by atoms with E-state index in [1.807, 2.05) is 30.9 Å². The average molecular weight is 308 g/mol. The number of nitrogens with zero attached hydrogens (tertiary/aromatic N) is 1. The van der Waals surface area contributed by atoms with Crippen LogP contribution < -0.4 is 5.32 Å². The quantitative estimate of drug-likeness (QED) is 0.862. The van der Waals surface area contributed by atoms with Gasteiger partial charge in [0.15, 0.2) is 0 Å². The summed E-state index contributed by atoms with van der Waals surface area (Å²) < 4.78 is 10.2. The Balaban J connectivity index is 1.97. The number of hydrogen-bond acceptors (Lipinski definition) is 4. The van der Waals surface area contributed by atoms with Crippen LogP contribution in [0.15, 0.2) is 22.8 Å². The molecule has 0 saturated carbocycles. The lowest BCUT2D eigenvalue weighted by Gasteiger charge is -2.26. The zero-order valence-corrected chi connectivity index (χ0v) is 13.4. The highest BCUT2D eigenvalue weighted by atomic mass is 16.5. The molecule has 122 valence electrons. The normalized spacial score (nSPS) is 19.5. The second kappa shape index (κ2) is 7.45. The first-order valence-electron chi connectivity index (χ1n) is 7.63. The molecule has 22 heavy (non-hydrogen) atoms. The molecule has 1 aromatic rings. The second-order valence-corrected chi connectivity index (χ2v) is 6.01. The molecule has 0 spiro atoms. The topological polar surface area (TPSA) is 71.8 Å². The van der Waals surface area contributed by atoms with E-state index in [1.54, 1.807) is 6.26 Å².